The first kappa shape index (κ1) is 16.6. The molecule has 0 aliphatic carbocycles. The maximum atomic E-state index is 4.51. The first-order valence-electron chi connectivity index (χ1n) is 8.88. The second kappa shape index (κ2) is 7.60. The van der Waals surface area contributed by atoms with Gasteiger partial charge in [-0.3, -0.25) is 9.88 Å². The Morgan fingerprint density at radius 1 is 1.12 bits per heavy atom. The minimum absolute atomic E-state index is 0.622. The molecule has 1 atom stereocenters. The van der Waals surface area contributed by atoms with Crippen molar-refractivity contribution in [3.63, 3.8) is 0 Å². The maximum Gasteiger partial charge on any atom is 0.0795 e. The van der Waals surface area contributed by atoms with E-state index in [0.29, 0.717) is 5.92 Å². The highest BCUT2D eigenvalue weighted by Crippen LogP contribution is 2.22. The Hall–Kier alpha value is -1.82. The summed E-state index contributed by atoms with van der Waals surface area (Å²) < 4.78 is 0. The van der Waals surface area contributed by atoms with Gasteiger partial charge in [-0.25, -0.2) is 4.98 Å². The van der Waals surface area contributed by atoms with Gasteiger partial charge < -0.3 is 4.90 Å². The molecule has 3 aromatic rings. The highest BCUT2D eigenvalue weighted by Gasteiger charge is 2.22. The third kappa shape index (κ3) is 4.06. The predicted octanol–water partition coefficient (Wildman–Crippen LogP) is 3.30. The summed E-state index contributed by atoms with van der Waals surface area (Å²) in [5.74, 6) is 0.622. The summed E-state index contributed by atoms with van der Waals surface area (Å²) >= 11 is 1.68. The fourth-order valence-corrected chi connectivity index (χ4v) is 4.38. The Kier molecular flexibility index (Phi) is 5.06. The van der Waals surface area contributed by atoms with Crippen LogP contribution < -0.4 is 0 Å². The van der Waals surface area contributed by atoms with E-state index >= 15 is 0 Å². The summed E-state index contributed by atoms with van der Waals surface area (Å²) in [4.78, 5) is 14.0. The van der Waals surface area contributed by atoms with E-state index in [-0.39, 0.29) is 0 Å². The fraction of sp³-hybridized carbons (Fsp3) is 0.400. The van der Waals surface area contributed by atoms with Crippen LogP contribution in [0.25, 0.3) is 10.9 Å². The van der Waals surface area contributed by atoms with Crippen molar-refractivity contribution in [1.29, 1.82) is 0 Å². The Morgan fingerprint density at radius 3 is 2.96 bits per heavy atom. The van der Waals surface area contributed by atoms with Crippen LogP contribution in [0.3, 0.4) is 0 Å². The van der Waals surface area contributed by atoms with Crippen molar-refractivity contribution in [3.05, 3.63) is 58.7 Å². The Morgan fingerprint density at radius 2 is 2.08 bits per heavy atom. The monoisotopic (exact) mass is 352 g/mol. The van der Waals surface area contributed by atoms with Crippen LogP contribution in [-0.4, -0.2) is 53.0 Å². The maximum absolute atomic E-state index is 4.51. The highest BCUT2D eigenvalue weighted by molar-refractivity contribution is 7.07. The lowest BCUT2D eigenvalue weighted by molar-refractivity contribution is 0.247. The summed E-state index contributed by atoms with van der Waals surface area (Å²) in [5, 5.41) is 3.46. The largest absolute Gasteiger partial charge is 0.305 e. The molecule has 0 bridgehead atoms. The van der Waals surface area contributed by atoms with Gasteiger partial charge in [0.25, 0.3) is 0 Å². The lowest BCUT2D eigenvalue weighted by Gasteiger charge is -2.23. The summed E-state index contributed by atoms with van der Waals surface area (Å²) in [6.07, 6.45) is 2.97. The summed E-state index contributed by atoms with van der Waals surface area (Å²) in [5.41, 5.74) is 5.64. The SMILES string of the molecule is CN1CCN(Cc2cscn2)C[C@@H](Cc2cccc3ncccc23)C1. The summed E-state index contributed by atoms with van der Waals surface area (Å²) in [6, 6.07) is 10.7. The molecule has 0 unspecified atom stereocenters. The van der Waals surface area contributed by atoms with Crippen molar-refractivity contribution >= 4 is 22.2 Å². The molecule has 130 valence electrons. The van der Waals surface area contributed by atoms with Crippen molar-refractivity contribution in [2.75, 3.05) is 33.2 Å². The van der Waals surface area contributed by atoms with Crippen LogP contribution in [0.5, 0.6) is 0 Å². The van der Waals surface area contributed by atoms with Gasteiger partial charge in [0, 0.05) is 49.7 Å². The molecule has 4 rings (SSSR count). The van der Waals surface area contributed by atoms with Gasteiger partial charge in [-0.2, -0.15) is 0 Å². The van der Waals surface area contributed by atoms with Gasteiger partial charge in [0.15, 0.2) is 0 Å². The van der Waals surface area contributed by atoms with Crippen LogP contribution in [0, 0.1) is 5.92 Å². The van der Waals surface area contributed by atoms with Crippen molar-refractivity contribution in [3.8, 4) is 0 Å². The molecule has 1 aliphatic rings. The minimum atomic E-state index is 0.622. The second-order valence-corrected chi connectivity index (χ2v) is 7.75. The molecule has 1 aromatic carbocycles. The molecule has 0 N–H and O–H groups in total. The highest BCUT2D eigenvalue weighted by atomic mass is 32.1. The zero-order valence-electron chi connectivity index (χ0n) is 14.6. The number of pyridine rings is 1. The molecule has 1 saturated heterocycles. The molecule has 5 heteroatoms. The molecule has 0 amide bonds. The van der Waals surface area contributed by atoms with E-state index in [1.54, 1.807) is 11.3 Å². The van der Waals surface area contributed by atoms with E-state index in [1.807, 2.05) is 17.8 Å². The second-order valence-electron chi connectivity index (χ2n) is 7.03. The van der Waals surface area contributed by atoms with Gasteiger partial charge in [-0.05, 0) is 37.1 Å². The van der Waals surface area contributed by atoms with E-state index in [4.69, 9.17) is 0 Å². The smallest absolute Gasteiger partial charge is 0.0795 e. The van der Waals surface area contributed by atoms with Crippen LogP contribution in [0.2, 0.25) is 0 Å². The minimum Gasteiger partial charge on any atom is -0.305 e. The molecule has 1 fully saturated rings. The number of benzene rings is 1. The molecule has 0 saturated carbocycles. The molecule has 1 aliphatic heterocycles. The van der Waals surface area contributed by atoms with E-state index in [2.05, 4.69) is 56.5 Å². The van der Waals surface area contributed by atoms with Gasteiger partial charge in [-0.1, -0.05) is 18.2 Å². The van der Waals surface area contributed by atoms with Crippen molar-refractivity contribution < 1.29 is 0 Å². The lowest BCUT2D eigenvalue weighted by Crippen LogP contribution is -2.30. The third-order valence-electron chi connectivity index (χ3n) is 5.00. The Balaban J connectivity index is 1.53. The quantitative estimate of drug-likeness (QED) is 0.721. The molecular weight excluding hydrogens is 328 g/mol. The van der Waals surface area contributed by atoms with Crippen molar-refractivity contribution in [2.24, 2.45) is 5.92 Å². The van der Waals surface area contributed by atoms with E-state index < -0.39 is 0 Å². The number of rotatable bonds is 4. The summed E-state index contributed by atoms with van der Waals surface area (Å²) in [6.45, 7) is 5.47. The predicted molar refractivity (Wildman–Crippen MR) is 104 cm³/mol. The summed E-state index contributed by atoms with van der Waals surface area (Å²) in [7, 11) is 2.24. The molecular formula is C20H24N4S. The van der Waals surface area contributed by atoms with Crippen molar-refractivity contribution in [1.82, 2.24) is 19.8 Å². The first-order valence-corrected chi connectivity index (χ1v) is 9.83. The topological polar surface area (TPSA) is 32.3 Å². The normalized spacial score (nSPS) is 20.0. The molecule has 25 heavy (non-hydrogen) atoms. The zero-order valence-corrected chi connectivity index (χ0v) is 15.5. The number of hydrogen-bond donors (Lipinski definition) is 0. The van der Waals surface area contributed by atoms with E-state index in [9.17, 15) is 0 Å². The van der Waals surface area contributed by atoms with Crippen LogP contribution in [0.15, 0.2) is 47.4 Å². The molecule has 0 spiro atoms. The number of likely N-dealkylation sites (N-methyl/N-ethyl adjacent to an activating group) is 1. The average Bonchev–Trinajstić information content (AvgIpc) is 3.06. The molecule has 0 radical (unpaired) electrons. The Labute approximate surface area is 153 Å². The van der Waals surface area contributed by atoms with Gasteiger partial charge >= 0.3 is 0 Å². The molecule has 2 aromatic heterocycles. The lowest BCUT2D eigenvalue weighted by atomic mass is 9.95. The van der Waals surface area contributed by atoms with E-state index in [0.717, 1.165) is 44.7 Å². The van der Waals surface area contributed by atoms with Gasteiger partial charge in [0.2, 0.25) is 0 Å². The standard InChI is InChI=1S/C20H24N4S/c1-23-8-9-24(13-18-14-25-15-22-18)12-16(11-23)10-17-4-2-6-20-19(17)5-3-7-21-20/h2-7,14-16H,8-13H2,1H3/t16-/m0/s1. The van der Waals surface area contributed by atoms with Gasteiger partial charge in [-0.15, -0.1) is 11.3 Å². The number of hydrogen-bond acceptors (Lipinski definition) is 5. The number of fused-ring (bicyclic) bond motifs is 1. The number of aromatic nitrogens is 2. The van der Waals surface area contributed by atoms with Gasteiger partial charge in [0.1, 0.15) is 0 Å². The first-order chi connectivity index (χ1) is 12.3. The van der Waals surface area contributed by atoms with Crippen LogP contribution in [0.4, 0.5) is 0 Å². The number of thiazole rings is 1. The van der Waals surface area contributed by atoms with Gasteiger partial charge in [0.05, 0.1) is 16.7 Å². The van der Waals surface area contributed by atoms with Crippen LogP contribution in [0.1, 0.15) is 11.3 Å². The fourth-order valence-electron chi connectivity index (χ4n) is 3.83. The average molecular weight is 353 g/mol. The van der Waals surface area contributed by atoms with Crippen LogP contribution in [-0.2, 0) is 13.0 Å². The molecule has 4 nitrogen and oxygen atoms in total. The van der Waals surface area contributed by atoms with Crippen LogP contribution >= 0.6 is 11.3 Å². The van der Waals surface area contributed by atoms with E-state index in [1.165, 1.54) is 16.6 Å². The molecule has 3 heterocycles. The van der Waals surface area contributed by atoms with Crippen molar-refractivity contribution in [2.45, 2.75) is 13.0 Å². The zero-order chi connectivity index (χ0) is 17.1. The third-order valence-corrected chi connectivity index (χ3v) is 5.63. The Bertz CT molecular complexity index is 812. The number of nitrogens with zero attached hydrogens (tertiary/aromatic N) is 4.